The standard InChI is InChI=1S/C16H8BrNO3/c17-8-5-6-11-10(7-8)14-13(15(19)18-11)9-3-1-2-4-12(9)21-16(14)20/h1-7H,(H,18,19). The van der Waals surface area contributed by atoms with Gasteiger partial charge < -0.3 is 9.40 Å². The molecule has 2 aromatic heterocycles. The van der Waals surface area contributed by atoms with Crippen LogP contribution in [0, 0.1) is 0 Å². The van der Waals surface area contributed by atoms with Crippen LogP contribution in [0.25, 0.3) is 32.6 Å². The molecule has 5 heteroatoms. The van der Waals surface area contributed by atoms with Crippen molar-refractivity contribution in [3.8, 4) is 0 Å². The molecule has 0 saturated carbocycles. The zero-order chi connectivity index (χ0) is 14.6. The number of para-hydroxylation sites is 1. The second kappa shape index (κ2) is 4.30. The summed E-state index contributed by atoms with van der Waals surface area (Å²) in [4.78, 5) is 27.6. The predicted octanol–water partition coefficient (Wildman–Crippen LogP) is 3.55. The van der Waals surface area contributed by atoms with E-state index < -0.39 is 5.63 Å². The van der Waals surface area contributed by atoms with Crippen molar-refractivity contribution in [2.75, 3.05) is 0 Å². The minimum atomic E-state index is -0.502. The fourth-order valence-electron chi connectivity index (χ4n) is 2.65. The lowest BCUT2D eigenvalue weighted by Crippen LogP contribution is -2.12. The van der Waals surface area contributed by atoms with E-state index in [2.05, 4.69) is 20.9 Å². The van der Waals surface area contributed by atoms with Gasteiger partial charge in [-0.05, 0) is 24.3 Å². The number of rotatable bonds is 0. The van der Waals surface area contributed by atoms with E-state index in [0.717, 1.165) is 4.47 Å². The Morgan fingerprint density at radius 2 is 1.76 bits per heavy atom. The summed E-state index contributed by atoms with van der Waals surface area (Å²) in [5.74, 6) is 0. The molecule has 1 N–H and O–H groups in total. The normalized spacial score (nSPS) is 11.5. The Kier molecular flexibility index (Phi) is 2.53. The SMILES string of the molecule is O=c1oc2ccccc2c2c(=O)[nH]c3ccc(Br)cc3c12. The van der Waals surface area contributed by atoms with Crippen LogP contribution in [-0.4, -0.2) is 4.98 Å². The van der Waals surface area contributed by atoms with Crippen molar-refractivity contribution in [1.82, 2.24) is 4.98 Å². The smallest absolute Gasteiger partial charge is 0.345 e. The number of halogens is 1. The third-order valence-corrected chi connectivity index (χ3v) is 4.03. The van der Waals surface area contributed by atoms with Crippen LogP contribution in [0.2, 0.25) is 0 Å². The molecule has 2 heterocycles. The van der Waals surface area contributed by atoms with Gasteiger partial charge >= 0.3 is 5.63 Å². The first kappa shape index (κ1) is 12.3. The van der Waals surface area contributed by atoms with Gasteiger partial charge in [-0.25, -0.2) is 4.79 Å². The summed E-state index contributed by atoms with van der Waals surface area (Å²) in [7, 11) is 0. The average Bonchev–Trinajstić information content (AvgIpc) is 2.47. The summed E-state index contributed by atoms with van der Waals surface area (Å²) < 4.78 is 6.18. The molecule has 4 aromatic rings. The number of hydrogen-bond acceptors (Lipinski definition) is 3. The molecule has 0 unspecified atom stereocenters. The van der Waals surface area contributed by atoms with Gasteiger partial charge in [0.1, 0.15) is 5.58 Å². The third-order valence-electron chi connectivity index (χ3n) is 3.54. The number of nitrogens with one attached hydrogen (secondary N) is 1. The molecule has 0 radical (unpaired) electrons. The molecule has 0 aliphatic rings. The van der Waals surface area contributed by atoms with Gasteiger partial charge in [-0.2, -0.15) is 0 Å². The van der Waals surface area contributed by atoms with Gasteiger partial charge in [0, 0.05) is 20.8 Å². The van der Waals surface area contributed by atoms with Gasteiger partial charge in [-0.15, -0.1) is 0 Å². The maximum atomic E-state index is 12.4. The van der Waals surface area contributed by atoms with E-state index in [0.29, 0.717) is 32.6 Å². The molecule has 4 rings (SSSR count). The molecule has 2 aromatic carbocycles. The number of pyridine rings is 1. The van der Waals surface area contributed by atoms with Crippen molar-refractivity contribution >= 4 is 48.6 Å². The maximum Gasteiger partial charge on any atom is 0.345 e. The van der Waals surface area contributed by atoms with E-state index in [1.807, 2.05) is 12.1 Å². The van der Waals surface area contributed by atoms with Crippen LogP contribution in [0.3, 0.4) is 0 Å². The summed E-state index contributed by atoms with van der Waals surface area (Å²) >= 11 is 3.39. The number of aromatic nitrogens is 1. The lowest BCUT2D eigenvalue weighted by molar-refractivity contribution is 0.570. The number of aromatic amines is 1. The Morgan fingerprint density at radius 1 is 0.952 bits per heavy atom. The van der Waals surface area contributed by atoms with Gasteiger partial charge in [-0.3, -0.25) is 4.79 Å². The fourth-order valence-corrected chi connectivity index (χ4v) is 3.01. The molecule has 0 bridgehead atoms. The zero-order valence-electron chi connectivity index (χ0n) is 10.6. The predicted molar refractivity (Wildman–Crippen MR) is 85.8 cm³/mol. The Balaban J connectivity index is 2.45. The summed E-state index contributed by atoms with van der Waals surface area (Å²) in [6, 6.07) is 12.4. The van der Waals surface area contributed by atoms with Crippen molar-refractivity contribution in [2.45, 2.75) is 0 Å². The summed E-state index contributed by atoms with van der Waals surface area (Å²) in [6.45, 7) is 0. The van der Waals surface area contributed by atoms with Crippen LogP contribution < -0.4 is 11.2 Å². The highest BCUT2D eigenvalue weighted by molar-refractivity contribution is 9.10. The van der Waals surface area contributed by atoms with Gasteiger partial charge in [-0.1, -0.05) is 34.1 Å². The van der Waals surface area contributed by atoms with Crippen molar-refractivity contribution in [3.63, 3.8) is 0 Å². The van der Waals surface area contributed by atoms with Crippen LogP contribution in [0.5, 0.6) is 0 Å². The number of benzene rings is 2. The monoisotopic (exact) mass is 341 g/mol. The Morgan fingerprint density at radius 3 is 2.62 bits per heavy atom. The van der Waals surface area contributed by atoms with E-state index >= 15 is 0 Å². The molecule has 102 valence electrons. The first-order valence-electron chi connectivity index (χ1n) is 6.32. The van der Waals surface area contributed by atoms with Crippen LogP contribution in [0.4, 0.5) is 0 Å². The third kappa shape index (κ3) is 1.74. The maximum absolute atomic E-state index is 12.4. The van der Waals surface area contributed by atoms with Gasteiger partial charge in [0.25, 0.3) is 5.56 Å². The molecule has 0 amide bonds. The Labute approximate surface area is 126 Å². The topological polar surface area (TPSA) is 63.1 Å². The number of fused-ring (bicyclic) bond motifs is 5. The molecular formula is C16H8BrNO3. The second-order valence-electron chi connectivity index (χ2n) is 4.78. The molecule has 4 nitrogen and oxygen atoms in total. The van der Waals surface area contributed by atoms with E-state index in [-0.39, 0.29) is 5.56 Å². The van der Waals surface area contributed by atoms with Crippen LogP contribution in [-0.2, 0) is 0 Å². The van der Waals surface area contributed by atoms with Crippen molar-refractivity contribution in [2.24, 2.45) is 0 Å². The zero-order valence-corrected chi connectivity index (χ0v) is 12.2. The summed E-state index contributed by atoms with van der Waals surface area (Å²) in [5, 5.41) is 1.98. The number of H-pyrrole nitrogens is 1. The van der Waals surface area contributed by atoms with Crippen molar-refractivity contribution in [3.05, 3.63) is 67.7 Å². The summed E-state index contributed by atoms with van der Waals surface area (Å²) in [6.07, 6.45) is 0. The van der Waals surface area contributed by atoms with Gasteiger partial charge in [0.2, 0.25) is 0 Å². The van der Waals surface area contributed by atoms with E-state index in [1.165, 1.54) is 0 Å². The molecule has 0 fully saturated rings. The largest absolute Gasteiger partial charge is 0.422 e. The minimum Gasteiger partial charge on any atom is -0.422 e. The van der Waals surface area contributed by atoms with Crippen LogP contribution in [0.15, 0.2) is 60.9 Å². The quantitative estimate of drug-likeness (QED) is 0.393. The first-order valence-corrected chi connectivity index (χ1v) is 7.11. The lowest BCUT2D eigenvalue weighted by atomic mass is 10.1. The number of hydrogen-bond donors (Lipinski definition) is 1. The molecular weight excluding hydrogens is 334 g/mol. The van der Waals surface area contributed by atoms with Crippen molar-refractivity contribution in [1.29, 1.82) is 0 Å². The van der Waals surface area contributed by atoms with E-state index in [4.69, 9.17) is 4.42 Å². The Bertz CT molecular complexity index is 1140. The first-order chi connectivity index (χ1) is 10.1. The van der Waals surface area contributed by atoms with Crippen LogP contribution in [0.1, 0.15) is 0 Å². The van der Waals surface area contributed by atoms with Gasteiger partial charge in [0.15, 0.2) is 0 Å². The molecule has 0 spiro atoms. The molecule has 0 saturated heterocycles. The highest BCUT2D eigenvalue weighted by Crippen LogP contribution is 2.26. The van der Waals surface area contributed by atoms with Crippen LogP contribution >= 0.6 is 15.9 Å². The molecule has 21 heavy (non-hydrogen) atoms. The lowest BCUT2D eigenvalue weighted by Gasteiger charge is -2.05. The van der Waals surface area contributed by atoms with E-state index in [1.54, 1.807) is 30.3 Å². The summed E-state index contributed by atoms with van der Waals surface area (Å²) in [5.41, 5.74) is 0.231. The molecule has 0 atom stereocenters. The van der Waals surface area contributed by atoms with Gasteiger partial charge in [0.05, 0.1) is 10.8 Å². The molecule has 0 aliphatic heterocycles. The van der Waals surface area contributed by atoms with E-state index in [9.17, 15) is 9.59 Å². The Hall–Kier alpha value is -2.40. The highest BCUT2D eigenvalue weighted by atomic mass is 79.9. The highest BCUT2D eigenvalue weighted by Gasteiger charge is 2.14. The van der Waals surface area contributed by atoms with Crippen molar-refractivity contribution < 1.29 is 4.42 Å². The average molecular weight is 342 g/mol. The fraction of sp³-hybridized carbons (Fsp3) is 0. The minimum absolute atomic E-state index is 0.288. The second-order valence-corrected chi connectivity index (χ2v) is 5.70. The molecule has 0 aliphatic carbocycles.